The summed E-state index contributed by atoms with van der Waals surface area (Å²) < 4.78 is 0. The van der Waals surface area contributed by atoms with Gasteiger partial charge in [-0.05, 0) is 18.2 Å². The summed E-state index contributed by atoms with van der Waals surface area (Å²) in [4.78, 5) is 13.2. The maximum absolute atomic E-state index is 12.0. The van der Waals surface area contributed by atoms with E-state index in [1.54, 1.807) is 0 Å². The lowest BCUT2D eigenvalue weighted by Gasteiger charge is -2.16. The molecule has 1 aromatic rings. The maximum Gasteiger partial charge on any atom is 0.255 e. The quantitative estimate of drug-likeness (QED) is 0.624. The Morgan fingerprint density at radius 2 is 1.88 bits per heavy atom. The van der Waals surface area contributed by atoms with Crippen LogP contribution < -0.4 is 0 Å². The van der Waals surface area contributed by atoms with Gasteiger partial charge < -0.3 is 4.90 Å². The molecule has 86 valence electrons. The zero-order chi connectivity index (χ0) is 12.8. The van der Waals surface area contributed by atoms with Crippen LogP contribution in [0.1, 0.15) is 10.4 Å². The lowest BCUT2D eigenvalue weighted by Crippen LogP contribution is -2.31. The van der Waals surface area contributed by atoms with Gasteiger partial charge in [-0.3, -0.25) is 4.79 Å². The van der Waals surface area contributed by atoms with Gasteiger partial charge in [0.1, 0.15) is 6.54 Å². The summed E-state index contributed by atoms with van der Waals surface area (Å²) in [5.41, 5.74) is 0.313. The topological polar surface area (TPSA) is 44.1 Å². The molecule has 0 bridgehead atoms. The fraction of sp³-hybridized carbons (Fsp3) is 0.167. The van der Waals surface area contributed by atoms with Gasteiger partial charge in [0.05, 0.1) is 12.6 Å². The molecular formula is C12H8Cl2N2O. The van der Waals surface area contributed by atoms with Crippen LogP contribution in [-0.2, 0) is 0 Å². The van der Waals surface area contributed by atoms with Crippen molar-refractivity contribution in [3.8, 4) is 18.4 Å². The van der Waals surface area contributed by atoms with Gasteiger partial charge in [-0.25, -0.2) is 0 Å². The Balaban J connectivity index is 3.02. The molecule has 3 nitrogen and oxygen atoms in total. The van der Waals surface area contributed by atoms with Crippen LogP contribution in [0, 0.1) is 23.7 Å². The van der Waals surface area contributed by atoms with E-state index < -0.39 is 0 Å². The number of nitriles is 1. The summed E-state index contributed by atoms with van der Waals surface area (Å²) >= 11 is 11.6. The first kappa shape index (κ1) is 13.4. The minimum absolute atomic E-state index is 0.0660. The summed E-state index contributed by atoms with van der Waals surface area (Å²) in [7, 11) is 0. The van der Waals surface area contributed by atoms with E-state index in [-0.39, 0.29) is 19.0 Å². The smallest absolute Gasteiger partial charge is 0.255 e. The van der Waals surface area contributed by atoms with E-state index in [4.69, 9.17) is 34.9 Å². The molecule has 0 saturated heterocycles. The van der Waals surface area contributed by atoms with Crippen LogP contribution in [-0.4, -0.2) is 23.9 Å². The number of halogens is 2. The third-order valence-corrected chi connectivity index (χ3v) is 2.38. The van der Waals surface area contributed by atoms with Crippen LogP contribution in [0.5, 0.6) is 0 Å². The first-order valence-corrected chi connectivity index (χ1v) is 5.40. The molecule has 1 aromatic carbocycles. The minimum atomic E-state index is -0.367. The van der Waals surface area contributed by atoms with E-state index >= 15 is 0 Å². The highest BCUT2D eigenvalue weighted by molar-refractivity contribution is 6.35. The van der Waals surface area contributed by atoms with E-state index in [0.29, 0.717) is 15.6 Å². The first-order valence-electron chi connectivity index (χ1n) is 4.64. The lowest BCUT2D eigenvalue weighted by molar-refractivity contribution is 0.0795. The second kappa shape index (κ2) is 6.15. The van der Waals surface area contributed by atoms with Gasteiger partial charge in [-0.1, -0.05) is 29.1 Å². The predicted molar refractivity (Wildman–Crippen MR) is 66.8 cm³/mol. The average molecular weight is 267 g/mol. The zero-order valence-electron chi connectivity index (χ0n) is 8.78. The minimum Gasteiger partial charge on any atom is -0.314 e. The standard InChI is InChI=1S/C12H8Cl2N2O/c1-2-4-16(5-3-15)12(17)9-6-10(13)8-11(14)7-9/h1,6-8H,4-5H2. The molecule has 0 saturated carbocycles. The fourth-order valence-electron chi connectivity index (χ4n) is 1.25. The van der Waals surface area contributed by atoms with Crippen molar-refractivity contribution in [2.75, 3.05) is 13.1 Å². The Morgan fingerprint density at radius 3 is 2.35 bits per heavy atom. The van der Waals surface area contributed by atoms with Gasteiger partial charge in [-0.2, -0.15) is 5.26 Å². The average Bonchev–Trinajstić information content (AvgIpc) is 2.26. The molecule has 0 heterocycles. The predicted octanol–water partition coefficient (Wildman–Crippen LogP) is 2.59. The Labute approximate surface area is 110 Å². The summed E-state index contributed by atoms with van der Waals surface area (Å²) in [6, 6.07) is 6.37. The van der Waals surface area contributed by atoms with Crippen LogP contribution >= 0.6 is 23.2 Å². The van der Waals surface area contributed by atoms with Crippen LogP contribution in [0.4, 0.5) is 0 Å². The number of carbonyl (C=O) groups is 1. The number of amides is 1. The number of carbonyl (C=O) groups excluding carboxylic acids is 1. The van der Waals surface area contributed by atoms with Gasteiger partial charge in [0.25, 0.3) is 5.91 Å². The van der Waals surface area contributed by atoms with Gasteiger partial charge in [-0.15, -0.1) is 6.42 Å². The van der Waals surface area contributed by atoms with Crippen LogP contribution in [0.25, 0.3) is 0 Å². The molecule has 0 atom stereocenters. The van der Waals surface area contributed by atoms with Crippen molar-refractivity contribution < 1.29 is 4.79 Å². The molecule has 0 fully saturated rings. The van der Waals surface area contributed by atoms with Crippen molar-refractivity contribution in [3.63, 3.8) is 0 Å². The summed E-state index contributed by atoms with van der Waals surface area (Å²) in [5.74, 6) is 1.95. The van der Waals surface area contributed by atoms with Crippen LogP contribution in [0.15, 0.2) is 18.2 Å². The highest BCUT2D eigenvalue weighted by atomic mass is 35.5. The van der Waals surface area contributed by atoms with Gasteiger partial charge in [0.15, 0.2) is 0 Å². The molecule has 0 aliphatic heterocycles. The summed E-state index contributed by atoms with van der Waals surface area (Å²) in [5, 5.41) is 9.32. The van der Waals surface area contributed by atoms with E-state index in [1.807, 2.05) is 6.07 Å². The van der Waals surface area contributed by atoms with E-state index in [2.05, 4.69) is 5.92 Å². The summed E-state index contributed by atoms with van der Waals surface area (Å²) in [6.45, 7) is -0.0102. The Morgan fingerprint density at radius 1 is 1.29 bits per heavy atom. The third-order valence-electron chi connectivity index (χ3n) is 1.94. The third kappa shape index (κ3) is 3.67. The SMILES string of the molecule is C#CCN(CC#N)C(=O)c1cc(Cl)cc(Cl)c1. The van der Waals surface area contributed by atoms with Crippen molar-refractivity contribution in [1.29, 1.82) is 5.26 Å². The molecule has 0 unspecified atom stereocenters. The number of hydrogen-bond donors (Lipinski definition) is 0. The highest BCUT2D eigenvalue weighted by Crippen LogP contribution is 2.20. The van der Waals surface area contributed by atoms with Crippen molar-refractivity contribution in [2.45, 2.75) is 0 Å². The van der Waals surface area contributed by atoms with E-state index in [1.165, 1.54) is 23.1 Å². The van der Waals surface area contributed by atoms with Crippen molar-refractivity contribution in [2.24, 2.45) is 0 Å². The molecule has 5 heteroatoms. The lowest BCUT2D eigenvalue weighted by atomic mass is 10.2. The van der Waals surface area contributed by atoms with Gasteiger partial charge in [0, 0.05) is 15.6 Å². The van der Waals surface area contributed by atoms with Crippen LogP contribution in [0.2, 0.25) is 10.0 Å². The van der Waals surface area contributed by atoms with Crippen molar-refractivity contribution in [3.05, 3.63) is 33.8 Å². The number of rotatable bonds is 3. The molecule has 0 radical (unpaired) electrons. The Kier molecular flexibility index (Phi) is 4.84. The van der Waals surface area contributed by atoms with Crippen molar-refractivity contribution in [1.82, 2.24) is 4.90 Å². The first-order chi connectivity index (χ1) is 8.08. The van der Waals surface area contributed by atoms with Crippen LogP contribution in [0.3, 0.4) is 0 Å². The number of terminal acetylenes is 1. The number of hydrogen-bond acceptors (Lipinski definition) is 2. The molecule has 1 amide bonds. The molecule has 0 N–H and O–H groups in total. The van der Waals surface area contributed by atoms with E-state index in [0.717, 1.165) is 0 Å². The second-order valence-electron chi connectivity index (χ2n) is 3.18. The van der Waals surface area contributed by atoms with Crippen molar-refractivity contribution >= 4 is 29.1 Å². The number of benzene rings is 1. The molecule has 17 heavy (non-hydrogen) atoms. The summed E-state index contributed by atoms with van der Waals surface area (Å²) in [6.07, 6.45) is 5.13. The second-order valence-corrected chi connectivity index (χ2v) is 4.05. The van der Waals surface area contributed by atoms with E-state index in [9.17, 15) is 4.79 Å². The fourth-order valence-corrected chi connectivity index (χ4v) is 1.78. The Bertz CT molecular complexity index is 478. The normalized spacial score (nSPS) is 9.18. The highest BCUT2D eigenvalue weighted by Gasteiger charge is 2.15. The largest absolute Gasteiger partial charge is 0.314 e. The number of nitrogens with zero attached hydrogens (tertiary/aromatic N) is 2. The monoisotopic (exact) mass is 266 g/mol. The molecule has 1 rings (SSSR count). The Hall–Kier alpha value is -1.68. The molecule has 0 aliphatic rings. The maximum atomic E-state index is 12.0. The molecule has 0 spiro atoms. The zero-order valence-corrected chi connectivity index (χ0v) is 10.3. The molecular weight excluding hydrogens is 259 g/mol. The van der Waals surface area contributed by atoms with Gasteiger partial charge in [0.2, 0.25) is 0 Å². The molecule has 0 aliphatic carbocycles. The molecule has 0 aromatic heterocycles. The van der Waals surface area contributed by atoms with Gasteiger partial charge >= 0.3 is 0 Å².